The predicted molar refractivity (Wildman–Crippen MR) is 115 cm³/mol. The predicted octanol–water partition coefficient (Wildman–Crippen LogP) is 2.19. The van der Waals surface area contributed by atoms with Crippen LogP contribution in [0.4, 0.5) is 0 Å². The number of benzene rings is 2. The quantitative estimate of drug-likeness (QED) is 0.667. The second-order valence-corrected chi connectivity index (χ2v) is 7.69. The summed E-state index contributed by atoms with van der Waals surface area (Å²) in [6, 6.07) is 11.7. The Hall–Kier alpha value is -3.19. The number of carbonyl (C=O) groups excluding carboxylic acids is 1. The largest absolute Gasteiger partial charge is 0.378 e. The maximum Gasteiger partial charge on any atom is 0.336 e. The van der Waals surface area contributed by atoms with Crippen molar-refractivity contribution >= 4 is 16.8 Å². The minimum atomic E-state index is -0.751. The van der Waals surface area contributed by atoms with E-state index >= 15 is 0 Å². The summed E-state index contributed by atoms with van der Waals surface area (Å²) >= 11 is 0. The summed E-state index contributed by atoms with van der Waals surface area (Å²) in [6.45, 7) is 7.57. The molecule has 2 heterocycles. The van der Waals surface area contributed by atoms with Crippen LogP contribution in [-0.2, 0) is 9.53 Å². The average molecular weight is 407 g/mol. The van der Waals surface area contributed by atoms with Crippen LogP contribution in [0.2, 0.25) is 0 Å². The molecule has 0 bridgehead atoms. The Balaban J connectivity index is 1.95. The number of morpholine rings is 1. The fourth-order valence-corrected chi connectivity index (χ4v) is 3.91. The van der Waals surface area contributed by atoms with Crippen molar-refractivity contribution in [3.8, 4) is 5.69 Å². The number of hydrogen-bond acceptors (Lipinski definition) is 4. The van der Waals surface area contributed by atoms with Crippen LogP contribution in [0, 0.1) is 13.8 Å². The Morgan fingerprint density at radius 1 is 1.00 bits per heavy atom. The van der Waals surface area contributed by atoms with Crippen LogP contribution < -0.4 is 11.2 Å². The van der Waals surface area contributed by atoms with Gasteiger partial charge in [0.1, 0.15) is 6.04 Å². The molecule has 4 rings (SSSR count). The van der Waals surface area contributed by atoms with Gasteiger partial charge in [0, 0.05) is 13.1 Å². The second-order valence-electron chi connectivity index (χ2n) is 7.69. The van der Waals surface area contributed by atoms with Crippen molar-refractivity contribution in [2.24, 2.45) is 0 Å². The molecule has 1 amide bonds. The first-order valence-corrected chi connectivity index (χ1v) is 10.1. The minimum Gasteiger partial charge on any atom is -0.378 e. The number of fused-ring (bicyclic) bond motifs is 1. The van der Waals surface area contributed by atoms with Crippen LogP contribution in [0.3, 0.4) is 0 Å². The minimum absolute atomic E-state index is 0.157. The molecule has 0 spiro atoms. The zero-order valence-corrected chi connectivity index (χ0v) is 17.4. The van der Waals surface area contributed by atoms with E-state index in [1.807, 2.05) is 26.0 Å². The van der Waals surface area contributed by atoms with Crippen LogP contribution in [0.15, 0.2) is 52.1 Å². The van der Waals surface area contributed by atoms with Crippen LogP contribution >= 0.6 is 0 Å². The van der Waals surface area contributed by atoms with Crippen molar-refractivity contribution in [1.82, 2.24) is 14.0 Å². The number of nitrogens with zero attached hydrogens (tertiary/aromatic N) is 3. The Bertz CT molecular complexity index is 1240. The van der Waals surface area contributed by atoms with E-state index in [0.29, 0.717) is 42.9 Å². The third-order valence-corrected chi connectivity index (χ3v) is 5.81. The Morgan fingerprint density at radius 2 is 1.70 bits per heavy atom. The zero-order chi connectivity index (χ0) is 21.4. The molecule has 156 valence electrons. The van der Waals surface area contributed by atoms with E-state index in [1.165, 1.54) is 4.57 Å². The number of carbonyl (C=O) groups is 1. The van der Waals surface area contributed by atoms with Gasteiger partial charge in [-0.05, 0) is 56.2 Å². The highest BCUT2D eigenvalue weighted by molar-refractivity contribution is 5.84. The number of aromatic nitrogens is 2. The molecule has 0 aliphatic carbocycles. The summed E-state index contributed by atoms with van der Waals surface area (Å²) < 4.78 is 7.93. The molecule has 2 aromatic carbocycles. The van der Waals surface area contributed by atoms with Gasteiger partial charge in [-0.3, -0.25) is 14.2 Å². The SMILES string of the molecule is Cc1ccc(-n2c(=O)c3ccccc3n(C(C)C(=O)N3CCOCC3)c2=O)cc1C. The lowest BCUT2D eigenvalue weighted by Gasteiger charge is -2.30. The van der Waals surface area contributed by atoms with Gasteiger partial charge < -0.3 is 9.64 Å². The maximum absolute atomic E-state index is 13.6. The molecule has 0 N–H and O–H groups in total. The number of ether oxygens (including phenoxy) is 1. The van der Waals surface area contributed by atoms with Crippen molar-refractivity contribution in [3.63, 3.8) is 0 Å². The Kier molecular flexibility index (Phi) is 5.30. The first-order chi connectivity index (χ1) is 14.4. The van der Waals surface area contributed by atoms with Gasteiger partial charge in [-0.15, -0.1) is 0 Å². The molecule has 1 aliphatic rings. The molecular weight excluding hydrogens is 382 g/mol. The topological polar surface area (TPSA) is 73.5 Å². The van der Waals surface area contributed by atoms with Gasteiger partial charge in [0.25, 0.3) is 5.56 Å². The van der Waals surface area contributed by atoms with Gasteiger partial charge in [-0.25, -0.2) is 9.36 Å². The highest BCUT2D eigenvalue weighted by atomic mass is 16.5. The van der Waals surface area contributed by atoms with E-state index in [-0.39, 0.29) is 11.5 Å². The lowest BCUT2D eigenvalue weighted by atomic mass is 10.1. The zero-order valence-electron chi connectivity index (χ0n) is 17.4. The molecule has 1 atom stereocenters. The third-order valence-electron chi connectivity index (χ3n) is 5.81. The smallest absolute Gasteiger partial charge is 0.336 e. The van der Waals surface area contributed by atoms with E-state index in [9.17, 15) is 14.4 Å². The van der Waals surface area contributed by atoms with Crippen molar-refractivity contribution < 1.29 is 9.53 Å². The van der Waals surface area contributed by atoms with E-state index < -0.39 is 11.7 Å². The second kappa shape index (κ2) is 7.91. The first kappa shape index (κ1) is 20.1. The molecule has 7 heteroatoms. The van der Waals surface area contributed by atoms with Crippen LogP contribution in [0.25, 0.3) is 16.6 Å². The van der Waals surface area contributed by atoms with Gasteiger partial charge >= 0.3 is 5.69 Å². The number of para-hydroxylation sites is 1. The van der Waals surface area contributed by atoms with Crippen LogP contribution in [-0.4, -0.2) is 46.2 Å². The van der Waals surface area contributed by atoms with Gasteiger partial charge in [0.2, 0.25) is 5.91 Å². The first-order valence-electron chi connectivity index (χ1n) is 10.1. The fourth-order valence-electron chi connectivity index (χ4n) is 3.91. The van der Waals surface area contributed by atoms with Crippen molar-refractivity contribution in [3.05, 3.63) is 74.4 Å². The van der Waals surface area contributed by atoms with Gasteiger partial charge in [-0.2, -0.15) is 0 Å². The molecule has 1 aliphatic heterocycles. The van der Waals surface area contributed by atoms with E-state index in [0.717, 1.165) is 15.7 Å². The summed E-state index contributed by atoms with van der Waals surface area (Å²) in [6.07, 6.45) is 0. The number of amides is 1. The molecule has 1 unspecified atom stereocenters. The summed E-state index contributed by atoms with van der Waals surface area (Å²) in [4.78, 5) is 41.6. The molecule has 30 heavy (non-hydrogen) atoms. The Morgan fingerprint density at radius 3 is 2.40 bits per heavy atom. The van der Waals surface area contributed by atoms with Crippen molar-refractivity contribution in [2.75, 3.05) is 26.3 Å². The standard InChI is InChI=1S/C23H25N3O4/c1-15-8-9-18(14-16(15)2)26-22(28)19-6-4-5-7-20(19)25(23(26)29)17(3)21(27)24-10-12-30-13-11-24/h4-9,14,17H,10-13H2,1-3H3. The number of rotatable bonds is 3. The monoisotopic (exact) mass is 407 g/mol. The lowest BCUT2D eigenvalue weighted by Crippen LogP contribution is -2.47. The molecule has 1 saturated heterocycles. The normalized spacial score (nSPS) is 15.4. The average Bonchev–Trinajstić information content (AvgIpc) is 2.76. The summed E-state index contributed by atoms with van der Waals surface area (Å²) in [7, 11) is 0. The maximum atomic E-state index is 13.6. The van der Waals surface area contributed by atoms with E-state index in [2.05, 4.69) is 0 Å². The summed E-state index contributed by atoms with van der Waals surface area (Å²) in [5, 5.41) is 0.400. The molecule has 0 saturated carbocycles. The van der Waals surface area contributed by atoms with E-state index in [1.54, 1.807) is 42.2 Å². The lowest BCUT2D eigenvalue weighted by molar-refractivity contribution is -0.138. The highest BCUT2D eigenvalue weighted by Crippen LogP contribution is 2.18. The summed E-state index contributed by atoms with van der Waals surface area (Å²) in [5.74, 6) is -0.157. The highest BCUT2D eigenvalue weighted by Gasteiger charge is 2.27. The molecule has 3 aromatic rings. The Labute approximate surface area is 174 Å². The molecular formula is C23H25N3O4. The van der Waals surface area contributed by atoms with Gasteiger partial charge in [0.05, 0.1) is 29.8 Å². The molecule has 1 fully saturated rings. The van der Waals surface area contributed by atoms with Gasteiger partial charge in [0.15, 0.2) is 0 Å². The van der Waals surface area contributed by atoms with Crippen molar-refractivity contribution in [1.29, 1.82) is 0 Å². The van der Waals surface area contributed by atoms with Crippen molar-refractivity contribution in [2.45, 2.75) is 26.8 Å². The molecule has 0 radical (unpaired) electrons. The fraction of sp³-hybridized carbons (Fsp3) is 0.348. The van der Waals surface area contributed by atoms with E-state index in [4.69, 9.17) is 4.74 Å². The van der Waals surface area contributed by atoms with Crippen LogP contribution in [0.5, 0.6) is 0 Å². The third kappa shape index (κ3) is 3.35. The molecule has 7 nitrogen and oxygen atoms in total. The van der Waals surface area contributed by atoms with Gasteiger partial charge in [-0.1, -0.05) is 18.2 Å². The molecule has 1 aromatic heterocycles. The summed E-state index contributed by atoms with van der Waals surface area (Å²) in [5.41, 5.74) is 2.11. The number of hydrogen-bond donors (Lipinski definition) is 0. The number of aryl methyl sites for hydroxylation is 2. The van der Waals surface area contributed by atoms with Crippen LogP contribution in [0.1, 0.15) is 24.1 Å².